The first kappa shape index (κ1) is 11.8. The number of hydrogen-bond donors (Lipinski definition) is 0. The summed E-state index contributed by atoms with van der Waals surface area (Å²) in [5.41, 5.74) is 0. The Kier molecular flexibility index (Phi) is 2.31. The molecule has 0 unspecified atom stereocenters. The third kappa shape index (κ3) is 1.64. The Morgan fingerprint density at radius 1 is 0.500 bits per heavy atom. The lowest BCUT2D eigenvalue weighted by Crippen LogP contribution is -1.81. The third-order valence-electron chi connectivity index (χ3n) is 4.50. The molecule has 0 aliphatic heterocycles. The van der Waals surface area contributed by atoms with Crippen molar-refractivity contribution in [1.29, 1.82) is 0 Å². The molecule has 5 rings (SSSR count). The minimum absolute atomic E-state index is 1.25. The van der Waals surface area contributed by atoms with Gasteiger partial charge in [-0.1, -0.05) is 48.5 Å². The van der Waals surface area contributed by atoms with Crippen molar-refractivity contribution >= 4 is 43.1 Å². The number of fused-ring (bicyclic) bond motifs is 5. The molecule has 0 aliphatic rings. The highest BCUT2D eigenvalue weighted by Crippen LogP contribution is 2.32. The van der Waals surface area contributed by atoms with Crippen molar-refractivity contribution in [2.75, 3.05) is 0 Å². The van der Waals surface area contributed by atoms with Crippen LogP contribution in [0.3, 0.4) is 0 Å². The van der Waals surface area contributed by atoms with Crippen molar-refractivity contribution in [2.45, 2.75) is 0 Å². The van der Waals surface area contributed by atoms with E-state index < -0.39 is 0 Å². The lowest BCUT2D eigenvalue weighted by atomic mass is 9.96. The first-order valence-corrected chi connectivity index (χ1v) is 7.54. The van der Waals surface area contributed by atoms with Crippen LogP contribution in [0.15, 0.2) is 78.9 Å². The number of benzene rings is 5. The largest absolute Gasteiger partial charge is 0.0616 e. The Morgan fingerprint density at radius 3 is 1.82 bits per heavy atom. The van der Waals surface area contributed by atoms with Gasteiger partial charge in [0.2, 0.25) is 0 Å². The molecule has 0 fully saturated rings. The molecule has 5 aromatic carbocycles. The summed E-state index contributed by atoms with van der Waals surface area (Å²) >= 11 is 0. The molecular formula is C22H13. The van der Waals surface area contributed by atoms with E-state index in [9.17, 15) is 0 Å². The van der Waals surface area contributed by atoms with E-state index in [0.29, 0.717) is 0 Å². The second-order valence-corrected chi connectivity index (χ2v) is 5.83. The second-order valence-electron chi connectivity index (χ2n) is 5.83. The SMILES string of the molecule is [c]1ccc2cc3ccc4cc5ccccc5cc4c3cc2c1. The van der Waals surface area contributed by atoms with Gasteiger partial charge in [-0.25, -0.2) is 0 Å². The summed E-state index contributed by atoms with van der Waals surface area (Å²) < 4.78 is 0. The zero-order valence-electron chi connectivity index (χ0n) is 12.0. The molecule has 5 aromatic rings. The van der Waals surface area contributed by atoms with Crippen LogP contribution in [0.4, 0.5) is 0 Å². The van der Waals surface area contributed by atoms with Gasteiger partial charge in [-0.3, -0.25) is 0 Å². The molecule has 22 heavy (non-hydrogen) atoms. The van der Waals surface area contributed by atoms with E-state index in [0.717, 1.165) is 0 Å². The second kappa shape index (κ2) is 4.32. The molecule has 0 saturated heterocycles. The van der Waals surface area contributed by atoms with Crippen molar-refractivity contribution < 1.29 is 0 Å². The predicted molar refractivity (Wildman–Crippen MR) is 95.3 cm³/mol. The van der Waals surface area contributed by atoms with Crippen LogP contribution < -0.4 is 0 Å². The number of rotatable bonds is 0. The van der Waals surface area contributed by atoms with Crippen LogP contribution in [-0.4, -0.2) is 0 Å². The van der Waals surface area contributed by atoms with Crippen LogP contribution in [-0.2, 0) is 0 Å². The molecule has 0 nitrogen and oxygen atoms in total. The van der Waals surface area contributed by atoms with Gasteiger partial charge in [-0.05, 0) is 79.5 Å². The summed E-state index contributed by atoms with van der Waals surface area (Å²) in [6.45, 7) is 0. The lowest BCUT2D eigenvalue weighted by Gasteiger charge is -2.08. The lowest BCUT2D eigenvalue weighted by molar-refractivity contribution is 1.77. The average molecular weight is 277 g/mol. The van der Waals surface area contributed by atoms with E-state index in [1.807, 2.05) is 6.07 Å². The third-order valence-corrected chi connectivity index (χ3v) is 4.50. The Bertz CT molecular complexity index is 1070. The van der Waals surface area contributed by atoms with Crippen molar-refractivity contribution in [1.82, 2.24) is 0 Å². The maximum Gasteiger partial charge on any atom is -0.00988 e. The van der Waals surface area contributed by atoms with Gasteiger partial charge in [0, 0.05) is 0 Å². The monoisotopic (exact) mass is 277 g/mol. The summed E-state index contributed by atoms with van der Waals surface area (Å²) in [6, 6.07) is 31.5. The van der Waals surface area contributed by atoms with Crippen molar-refractivity contribution in [3.8, 4) is 0 Å². The topological polar surface area (TPSA) is 0 Å². The highest BCUT2D eigenvalue weighted by atomic mass is 14.1. The van der Waals surface area contributed by atoms with E-state index in [1.54, 1.807) is 0 Å². The van der Waals surface area contributed by atoms with Gasteiger partial charge < -0.3 is 0 Å². The molecule has 0 bridgehead atoms. The molecule has 0 aliphatic carbocycles. The summed E-state index contributed by atoms with van der Waals surface area (Å²) in [5.74, 6) is 0. The van der Waals surface area contributed by atoms with Crippen molar-refractivity contribution in [3.05, 3.63) is 84.9 Å². The molecule has 0 heteroatoms. The van der Waals surface area contributed by atoms with Gasteiger partial charge in [0.15, 0.2) is 0 Å². The molecule has 0 N–H and O–H groups in total. The summed E-state index contributed by atoms with van der Waals surface area (Å²) in [4.78, 5) is 0. The number of hydrogen-bond acceptors (Lipinski definition) is 0. The van der Waals surface area contributed by atoms with Gasteiger partial charge in [0.1, 0.15) is 0 Å². The fourth-order valence-corrected chi connectivity index (χ4v) is 3.38. The Balaban J connectivity index is 2.00. The average Bonchev–Trinajstić information content (AvgIpc) is 2.58. The molecule has 0 spiro atoms. The molecule has 1 radical (unpaired) electrons. The predicted octanol–water partition coefficient (Wildman–Crippen LogP) is 6.10. The van der Waals surface area contributed by atoms with Crippen LogP contribution in [0.5, 0.6) is 0 Å². The minimum atomic E-state index is 1.25. The highest BCUT2D eigenvalue weighted by Gasteiger charge is 2.04. The van der Waals surface area contributed by atoms with E-state index in [2.05, 4.69) is 78.9 Å². The summed E-state index contributed by atoms with van der Waals surface area (Å²) in [7, 11) is 0. The smallest absolute Gasteiger partial charge is 0.00988 e. The fraction of sp³-hybridized carbons (Fsp3) is 0. The minimum Gasteiger partial charge on any atom is -0.0616 e. The molecule has 0 saturated carbocycles. The first-order chi connectivity index (χ1) is 10.9. The van der Waals surface area contributed by atoms with Gasteiger partial charge in [0.25, 0.3) is 0 Å². The zero-order chi connectivity index (χ0) is 14.5. The summed E-state index contributed by atoms with van der Waals surface area (Å²) in [5, 5.41) is 10.3. The van der Waals surface area contributed by atoms with Crippen molar-refractivity contribution in [2.24, 2.45) is 0 Å². The van der Waals surface area contributed by atoms with Crippen LogP contribution in [0, 0.1) is 6.07 Å². The molecule has 0 atom stereocenters. The van der Waals surface area contributed by atoms with Crippen LogP contribution in [0.1, 0.15) is 0 Å². The van der Waals surface area contributed by atoms with E-state index in [4.69, 9.17) is 0 Å². The maximum absolute atomic E-state index is 3.18. The Labute approximate surface area is 128 Å². The first-order valence-electron chi connectivity index (χ1n) is 7.54. The van der Waals surface area contributed by atoms with Gasteiger partial charge in [-0.15, -0.1) is 0 Å². The van der Waals surface area contributed by atoms with Crippen LogP contribution >= 0.6 is 0 Å². The summed E-state index contributed by atoms with van der Waals surface area (Å²) in [6.07, 6.45) is 0. The van der Waals surface area contributed by atoms with Gasteiger partial charge in [-0.2, -0.15) is 0 Å². The molecule has 0 amide bonds. The van der Waals surface area contributed by atoms with Crippen LogP contribution in [0.2, 0.25) is 0 Å². The zero-order valence-corrected chi connectivity index (χ0v) is 12.0. The van der Waals surface area contributed by atoms with Crippen LogP contribution in [0.25, 0.3) is 43.1 Å². The maximum atomic E-state index is 3.18. The van der Waals surface area contributed by atoms with Crippen molar-refractivity contribution in [3.63, 3.8) is 0 Å². The van der Waals surface area contributed by atoms with E-state index >= 15 is 0 Å². The molecule has 101 valence electrons. The fourth-order valence-electron chi connectivity index (χ4n) is 3.38. The normalized spacial score (nSPS) is 11.6. The van der Waals surface area contributed by atoms with Gasteiger partial charge in [0.05, 0.1) is 0 Å². The Morgan fingerprint density at radius 2 is 1.09 bits per heavy atom. The highest BCUT2D eigenvalue weighted by molar-refractivity contribution is 6.15. The molecular weight excluding hydrogens is 264 g/mol. The van der Waals surface area contributed by atoms with Gasteiger partial charge >= 0.3 is 0 Å². The standard InChI is InChI=1S/C22H13/c1-3-7-17-13-21-19(11-15(17)5-1)9-10-20-12-16-6-2-4-8-18(16)14-22(20)21/h1-3,5-14H. The molecule has 0 heterocycles. The molecule has 0 aromatic heterocycles. The quantitative estimate of drug-likeness (QED) is 0.237. The van der Waals surface area contributed by atoms with E-state index in [-0.39, 0.29) is 0 Å². The Hall–Kier alpha value is -2.86. The van der Waals surface area contributed by atoms with E-state index in [1.165, 1.54) is 43.1 Å².